The first-order chi connectivity index (χ1) is 19.7. The molecule has 222 valence electrons. The highest BCUT2D eigenvalue weighted by molar-refractivity contribution is 14.1. The molecule has 1 aliphatic rings. The van der Waals surface area contributed by atoms with Crippen molar-refractivity contribution in [3.05, 3.63) is 96.1 Å². The Morgan fingerprint density at radius 3 is 2.02 bits per heavy atom. The molecule has 0 amide bonds. The zero-order valence-electron chi connectivity index (χ0n) is 21.5. The van der Waals surface area contributed by atoms with Crippen LogP contribution in [0.4, 0.5) is 8.78 Å². The summed E-state index contributed by atoms with van der Waals surface area (Å²) in [7, 11) is -5.85. The second-order valence-electron chi connectivity index (χ2n) is 9.34. The van der Waals surface area contributed by atoms with Crippen molar-refractivity contribution in [2.24, 2.45) is 0 Å². The number of hydrogen-bond donors (Lipinski definition) is 1. The van der Waals surface area contributed by atoms with Crippen molar-refractivity contribution in [2.75, 3.05) is 6.61 Å². The molecule has 42 heavy (non-hydrogen) atoms. The number of halogens is 4. The molecule has 0 aliphatic heterocycles. The molecule has 0 saturated heterocycles. The van der Waals surface area contributed by atoms with Crippen LogP contribution in [0, 0.1) is 7.14 Å². The lowest BCUT2D eigenvalue weighted by atomic mass is 9.91. The van der Waals surface area contributed by atoms with Gasteiger partial charge in [0.2, 0.25) is 0 Å². The van der Waals surface area contributed by atoms with Gasteiger partial charge in [-0.3, -0.25) is 4.55 Å². The van der Waals surface area contributed by atoms with Crippen LogP contribution in [0.25, 0.3) is 0 Å². The van der Waals surface area contributed by atoms with Crippen LogP contribution >= 0.6 is 45.2 Å². The molecule has 1 N–H and O–H groups in total. The molecule has 0 heterocycles. The number of alkyl halides is 2. The minimum atomic E-state index is -5.85. The van der Waals surface area contributed by atoms with Crippen molar-refractivity contribution in [1.82, 2.24) is 0 Å². The van der Waals surface area contributed by atoms with Crippen molar-refractivity contribution in [3.63, 3.8) is 0 Å². The van der Waals surface area contributed by atoms with Gasteiger partial charge in [-0.2, -0.15) is 17.2 Å². The monoisotopic (exact) mass is 826 g/mol. The quantitative estimate of drug-likeness (QED) is 0.113. The van der Waals surface area contributed by atoms with Crippen molar-refractivity contribution in [1.29, 1.82) is 0 Å². The lowest BCUT2D eigenvalue weighted by Gasteiger charge is -2.30. The van der Waals surface area contributed by atoms with E-state index in [0.717, 1.165) is 18.4 Å². The lowest BCUT2D eigenvalue weighted by molar-refractivity contribution is -0.0186. The van der Waals surface area contributed by atoms with Crippen molar-refractivity contribution in [2.45, 2.75) is 36.5 Å². The Hall–Kier alpha value is -2.70. The van der Waals surface area contributed by atoms with Gasteiger partial charge in [0.15, 0.2) is 12.4 Å². The van der Waals surface area contributed by atoms with Gasteiger partial charge in [0.25, 0.3) is 0 Å². The van der Waals surface area contributed by atoms with Gasteiger partial charge in [-0.25, -0.2) is 14.4 Å². The molecule has 0 atom stereocenters. The van der Waals surface area contributed by atoms with Crippen LogP contribution in [-0.2, 0) is 25.2 Å². The van der Waals surface area contributed by atoms with Crippen LogP contribution in [0.3, 0.4) is 0 Å². The molecule has 0 unspecified atom stereocenters. The van der Waals surface area contributed by atoms with Gasteiger partial charge in [0, 0.05) is 3.57 Å². The van der Waals surface area contributed by atoms with E-state index < -0.39 is 51.1 Å². The minimum absolute atomic E-state index is 0.0813. The molecule has 4 rings (SSSR count). The van der Waals surface area contributed by atoms with Crippen molar-refractivity contribution < 1.29 is 50.3 Å². The van der Waals surface area contributed by atoms with Gasteiger partial charge in [0.1, 0.15) is 11.2 Å². The summed E-state index contributed by atoms with van der Waals surface area (Å²) in [5, 5.41) is -4.76. The van der Waals surface area contributed by atoms with Gasteiger partial charge in [-0.05, 0) is 101 Å². The molecule has 0 spiro atoms. The normalized spacial score (nSPS) is 14.7. The maximum Gasteiger partial charge on any atom is 0.402 e. The summed E-state index contributed by atoms with van der Waals surface area (Å²) < 4.78 is 74.4. The molecule has 1 saturated carbocycles. The number of benzene rings is 3. The summed E-state index contributed by atoms with van der Waals surface area (Å²) in [6.07, 6.45) is 2.93. The predicted octanol–water partition coefficient (Wildman–Crippen LogP) is 6.38. The molecule has 9 nitrogen and oxygen atoms in total. The summed E-state index contributed by atoms with van der Waals surface area (Å²) in [6, 6.07) is 17.8. The van der Waals surface area contributed by atoms with E-state index in [1.165, 1.54) is 30.3 Å². The van der Waals surface area contributed by atoms with E-state index in [9.17, 15) is 31.6 Å². The number of ether oxygens (including phenoxy) is 3. The minimum Gasteiger partial charge on any atom is -0.454 e. The zero-order chi connectivity index (χ0) is 30.7. The fourth-order valence-electron chi connectivity index (χ4n) is 4.47. The van der Waals surface area contributed by atoms with Crippen LogP contribution in [0.5, 0.6) is 5.75 Å². The molecule has 1 aliphatic carbocycles. The first-order valence-corrected chi connectivity index (χ1v) is 15.9. The fraction of sp³-hybridized carbons (Fsp3) is 0.250. The number of carbonyl (C=O) groups is 3. The summed E-state index contributed by atoms with van der Waals surface area (Å²) in [6.45, 7) is -1.97. The average Bonchev–Trinajstić information content (AvgIpc) is 3.42. The van der Waals surface area contributed by atoms with E-state index in [-0.39, 0.29) is 20.4 Å². The van der Waals surface area contributed by atoms with Gasteiger partial charge < -0.3 is 14.2 Å². The first-order valence-electron chi connectivity index (χ1n) is 12.4. The summed E-state index contributed by atoms with van der Waals surface area (Å²) in [5.74, 6) is -3.59. The van der Waals surface area contributed by atoms with Crippen molar-refractivity contribution in [3.8, 4) is 5.75 Å². The number of hydrogen-bond acceptors (Lipinski definition) is 8. The molecule has 0 bridgehead atoms. The predicted molar refractivity (Wildman–Crippen MR) is 162 cm³/mol. The summed E-state index contributed by atoms with van der Waals surface area (Å²) in [4.78, 5) is 39.5. The van der Waals surface area contributed by atoms with Gasteiger partial charge in [0.05, 0.1) is 14.7 Å². The third-order valence-corrected chi connectivity index (χ3v) is 8.83. The SMILES string of the molecule is O=C(Oc1c(I)cc(I)cc1C(=O)OCC(F)(F)S(=O)(=O)O)c1ccccc1C(=O)OC1(c2ccccc2)CCCC1. The van der Waals surface area contributed by atoms with Crippen LogP contribution in [0.15, 0.2) is 66.7 Å². The van der Waals surface area contributed by atoms with Gasteiger partial charge >= 0.3 is 33.3 Å². The topological polar surface area (TPSA) is 133 Å². The highest BCUT2D eigenvalue weighted by Crippen LogP contribution is 2.43. The molecule has 3 aromatic rings. The van der Waals surface area contributed by atoms with Gasteiger partial charge in [-0.15, -0.1) is 0 Å². The highest BCUT2D eigenvalue weighted by Gasteiger charge is 2.46. The lowest BCUT2D eigenvalue weighted by Crippen LogP contribution is -2.34. The van der Waals surface area contributed by atoms with E-state index in [0.29, 0.717) is 16.4 Å². The maximum atomic E-state index is 13.7. The van der Waals surface area contributed by atoms with Crippen LogP contribution in [0.1, 0.15) is 62.3 Å². The number of carbonyl (C=O) groups excluding carboxylic acids is 3. The largest absolute Gasteiger partial charge is 0.454 e. The van der Waals surface area contributed by atoms with E-state index >= 15 is 0 Å². The Bertz CT molecular complexity index is 1620. The number of rotatable bonds is 9. The van der Waals surface area contributed by atoms with E-state index in [4.69, 9.17) is 14.0 Å². The third kappa shape index (κ3) is 7.08. The maximum absolute atomic E-state index is 13.7. The Morgan fingerprint density at radius 1 is 0.857 bits per heavy atom. The molecule has 3 aromatic carbocycles. The van der Waals surface area contributed by atoms with E-state index in [1.54, 1.807) is 28.7 Å². The highest BCUT2D eigenvalue weighted by atomic mass is 127. The molecular formula is C28H22F2I2O9S. The smallest absolute Gasteiger partial charge is 0.402 e. The summed E-state index contributed by atoms with van der Waals surface area (Å²) >= 11 is 3.58. The van der Waals surface area contributed by atoms with Gasteiger partial charge in [-0.1, -0.05) is 42.5 Å². The first kappa shape index (κ1) is 32.2. The van der Waals surface area contributed by atoms with Crippen LogP contribution in [-0.4, -0.2) is 42.7 Å². The molecule has 0 radical (unpaired) electrons. The van der Waals surface area contributed by atoms with E-state index in [1.807, 2.05) is 52.9 Å². The second-order valence-corrected chi connectivity index (χ2v) is 13.3. The Morgan fingerprint density at radius 2 is 1.43 bits per heavy atom. The standard InChI is InChI=1S/C28H22F2I2O9S/c29-28(30,42(36,37)38)16-39-24(33)21-14-18(31)15-22(32)23(21)40-25(34)19-10-4-5-11-20(19)26(35)41-27(12-6-7-13-27)17-8-2-1-3-9-17/h1-5,8-11,14-15H,6-7,12-13,16H2,(H,36,37,38). The van der Waals surface area contributed by atoms with E-state index in [2.05, 4.69) is 4.74 Å². The molecule has 0 aromatic heterocycles. The molecule has 1 fully saturated rings. The van der Waals surface area contributed by atoms with Crippen molar-refractivity contribution >= 4 is 73.2 Å². The Labute approximate surface area is 266 Å². The third-order valence-electron chi connectivity index (χ3n) is 6.54. The average molecular weight is 826 g/mol. The molecule has 14 heteroatoms. The molecular weight excluding hydrogens is 804 g/mol. The Kier molecular flexibility index (Phi) is 9.89. The number of esters is 3. The van der Waals surface area contributed by atoms with Crippen LogP contribution in [0.2, 0.25) is 0 Å². The van der Waals surface area contributed by atoms with Crippen LogP contribution < -0.4 is 4.74 Å². The Balaban J connectivity index is 1.61. The zero-order valence-corrected chi connectivity index (χ0v) is 26.7. The fourth-order valence-corrected chi connectivity index (χ4v) is 6.64. The summed E-state index contributed by atoms with van der Waals surface area (Å²) in [5.41, 5.74) is -0.730. The second kappa shape index (κ2) is 12.9.